The van der Waals surface area contributed by atoms with Crippen molar-refractivity contribution < 1.29 is 9.90 Å². The van der Waals surface area contributed by atoms with E-state index >= 15 is 0 Å². The largest absolute Gasteiger partial charge is 0.481 e. The number of nitrogens with two attached hydrogens (primary N) is 1. The molecule has 16 heavy (non-hydrogen) atoms. The molecule has 0 amide bonds. The number of aromatic nitrogens is 2. The molecule has 0 fully saturated rings. The molecule has 1 atom stereocenters. The number of aliphatic carboxylic acids is 1. The number of hydrogen-bond acceptors (Lipinski definition) is 3. The molecular formula is C11H19N3O2. The van der Waals surface area contributed by atoms with Crippen LogP contribution in [0.15, 0.2) is 12.3 Å². The zero-order valence-electron chi connectivity index (χ0n) is 9.97. The van der Waals surface area contributed by atoms with Crippen molar-refractivity contribution in [2.24, 2.45) is 5.73 Å². The highest BCUT2D eigenvalue weighted by Gasteiger charge is 2.31. The summed E-state index contributed by atoms with van der Waals surface area (Å²) in [5, 5.41) is 13.1. The molecule has 0 spiro atoms. The molecule has 0 aliphatic carbocycles. The molecule has 1 heterocycles. The third-order valence-electron chi connectivity index (χ3n) is 2.68. The van der Waals surface area contributed by atoms with Crippen LogP contribution in [0.4, 0.5) is 0 Å². The van der Waals surface area contributed by atoms with Gasteiger partial charge in [0.15, 0.2) is 0 Å². The minimum atomic E-state index is -0.840. The van der Waals surface area contributed by atoms with Gasteiger partial charge in [-0.25, -0.2) is 0 Å². The minimum absolute atomic E-state index is 0.0230. The summed E-state index contributed by atoms with van der Waals surface area (Å²) in [6.45, 7) is 6.37. The highest BCUT2D eigenvalue weighted by Crippen LogP contribution is 2.29. The van der Waals surface area contributed by atoms with E-state index in [4.69, 9.17) is 10.8 Å². The van der Waals surface area contributed by atoms with E-state index in [1.54, 1.807) is 10.9 Å². The lowest BCUT2D eigenvalue weighted by atomic mass is 9.83. The second kappa shape index (κ2) is 4.65. The van der Waals surface area contributed by atoms with Gasteiger partial charge in [-0.3, -0.25) is 9.48 Å². The van der Waals surface area contributed by atoms with Gasteiger partial charge in [0.25, 0.3) is 0 Å². The van der Waals surface area contributed by atoms with Gasteiger partial charge in [-0.15, -0.1) is 0 Å². The Kier molecular flexibility index (Phi) is 3.70. The van der Waals surface area contributed by atoms with Crippen LogP contribution in [0.1, 0.15) is 38.8 Å². The summed E-state index contributed by atoms with van der Waals surface area (Å²) in [6, 6.07) is 1.84. The molecule has 5 nitrogen and oxygen atoms in total. The van der Waals surface area contributed by atoms with Crippen LogP contribution in [0, 0.1) is 0 Å². The van der Waals surface area contributed by atoms with Crippen molar-refractivity contribution in [3.05, 3.63) is 18.0 Å². The van der Waals surface area contributed by atoms with Crippen LogP contribution >= 0.6 is 0 Å². The zero-order valence-corrected chi connectivity index (χ0v) is 9.97. The zero-order chi connectivity index (χ0) is 12.3. The number of carboxylic acid groups (broad SMARTS) is 1. The van der Waals surface area contributed by atoms with E-state index in [9.17, 15) is 4.79 Å². The highest BCUT2D eigenvalue weighted by atomic mass is 16.4. The third kappa shape index (κ3) is 2.82. The summed E-state index contributed by atoms with van der Waals surface area (Å²) >= 11 is 0. The molecular weight excluding hydrogens is 206 g/mol. The molecule has 0 aliphatic rings. The van der Waals surface area contributed by atoms with E-state index in [0.717, 1.165) is 5.69 Å². The monoisotopic (exact) mass is 225 g/mol. The molecule has 0 saturated heterocycles. The molecule has 1 rings (SSSR count). The Balaban J connectivity index is 3.06. The second-order valence-electron chi connectivity index (χ2n) is 4.54. The van der Waals surface area contributed by atoms with E-state index in [0.29, 0.717) is 6.54 Å². The average Bonchev–Trinajstić information content (AvgIpc) is 2.59. The topological polar surface area (TPSA) is 81.1 Å². The summed E-state index contributed by atoms with van der Waals surface area (Å²) in [6.07, 6.45) is 1.70. The van der Waals surface area contributed by atoms with Crippen molar-refractivity contribution in [2.75, 3.05) is 0 Å². The molecule has 0 aliphatic heterocycles. The van der Waals surface area contributed by atoms with E-state index in [1.165, 1.54) is 0 Å². The predicted octanol–water partition coefficient (Wildman–Crippen LogP) is 1.20. The Labute approximate surface area is 95.3 Å². The summed E-state index contributed by atoms with van der Waals surface area (Å²) in [5.74, 6) is -1.07. The van der Waals surface area contributed by atoms with Crippen LogP contribution in [0.25, 0.3) is 0 Å². The maximum absolute atomic E-state index is 10.9. The Morgan fingerprint density at radius 2 is 2.31 bits per heavy atom. The maximum Gasteiger partial charge on any atom is 0.304 e. The summed E-state index contributed by atoms with van der Waals surface area (Å²) < 4.78 is 1.79. The summed E-state index contributed by atoms with van der Waals surface area (Å²) in [4.78, 5) is 10.9. The fraction of sp³-hybridized carbons (Fsp3) is 0.636. The van der Waals surface area contributed by atoms with Crippen molar-refractivity contribution >= 4 is 5.97 Å². The Hall–Kier alpha value is -1.36. The quantitative estimate of drug-likeness (QED) is 0.789. The molecule has 0 saturated carbocycles. The first-order valence-corrected chi connectivity index (χ1v) is 5.38. The number of rotatable bonds is 5. The lowest BCUT2D eigenvalue weighted by Gasteiger charge is -2.29. The van der Waals surface area contributed by atoms with Gasteiger partial charge >= 0.3 is 5.97 Å². The number of nitrogens with zero attached hydrogens (tertiary/aromatic N) is 2. The van der Waals surface area contributed by atoms with Crippen LogP contribution in [0.2, 0.25) is 0 Å². The van der Waals surface area contributed by atoms with Gasteiger partial charge < -0.3 is 10.8 Å². The van der Waals surface area contributed by atoms with Crippen LogP contribution < -0.4 is 5.73 Å². The van der Waals surface area contributed by atoms with Gasteiger partial charge in [-0.2, -0.15) is 5.10 Å². The minimum Gasteiger partial charge on any atom is -0.481 e. The van der Waals surface area contributed by atoms with Crippen molar-refractivity contribution in [1.82, 2.24) is 9.78 Å². The van der Waals surface area contributed by atoms with Gasteiger partial charge in [0, 0.05) is 29.9 Å². The maximum atomic E-state index is 10.9. The van der Waals surface area contributed by atoms with E-state index in [-0.39, 0.29) is 12.3 Å². The van der Waals surface area contributed by atoms with Crippen molar-refractivity contribution in [1.29, 1.82) is 0 Å². The number of carbonyl (C=O) groups is 1. The molecule has 1 aromatic rings. The predicted molar refractivity (Wildman–Crippen MR) is 61.2 cm³/mol. The summed E-state index contributed by atoms with van der Waals surface area (Å²) in [5.41, 5.74) is 6.35. The number of aryl methyl sites for hydroxylation is 1. The van der Waals surface area contributed by atoms with Gasteiger partial charge in [0.1, 0.15) is 0 Å². The van der Waals surface area contributed by atoms with Crippen LogP contribution in [0.5, 0.6) is 0 Å². The smallest absolute Gasteiger partial charge is 0.304 e. The molecule has 1 aromatic heterocycles. The molecule has 0 aromatic carbocycles. The van der Waals surface area contributed by atoms with Gasteiger partial charge in [-0.1, -0.05) is 0 Å². The van der Waals surface area contributed by atoms with Gasteiger partial charge in [-0.05, 0) is 26.8 Å². The second-order valence-corrected chi connectivity index (χ2v) is 4.54. The third-order valence-corrected chi connectivity index (χ3v) is 2.68. The first-order valence-electron chi connectivity index (χ1n) is 5.38. The van der Waals surface area contributed by atoms with Crippen molar-refractivity contribution in [3.8, 4) is 0 Å². The van der Waals surface area contributed by atoms with Crippen molar-refractivity contribution in [2.45, 2.75) is 45.2 Å². The van der Waals surface area contributed by atoms with Crippen LogP contribution in [-0.2, 0) is 11.3 Å². The highest BCUT2D eigenvalue weighted by molar-refractivity contribution is 5.68. The molecule has 0 bridgehead atoms. The SMILES string of the molecule is CCn1nccc1C(CC(=O)O)C(C)(C)N. The lowest BCUT2D eigenvalue weighted by molar-refractivity contribution is -0.137. The lowest BCUT2D eigenvalue weighted by Crippen LogP contribution is -2.41. The van der Waals surface area contributed by atoms with Crippen LogP contribution in [-0.4, -0.2) is 26.4 Å². The normalized spacial score (nSPS) is 13.8. The van der Waals surface area contributed by atoms with E-state index in [2.05, 4.69) is 5.10 Å². The summed E-state index contributed by atoms with van der Waals surface area (Å²) in [7, 11) is 0. The molecule has 1 unspecified atom stereocenters. The van der Waals surface area contributed by atoms with E-state index < -0.39 is 11.5 Å². The Morgan fingerprint density at radius 3 is 2.75 bits per heavy atom. The molecule has 90 valence electrons. The fourth-order valence-corrected chi connectivity index (χ4v) is 1.83. The standard InChI is InChI=1S/C11H19N3O2/c1-4-14-9(5-6-13-14)8(7-10(15)16)11(2,3)12/h5-6,8H,4,7,12H2,1-3H3,(H,15,16). The fourth-order valence-electron chi connectivity index (χ4n) is 1.83. The van der Waals surface area contributed by atoms with Gasteiger partial charge in [0.2, 0.25) is 0 Å². The van der Waals surface area contributed by atoms with E-state index in [1.807, 2.05) is 26.8 Å². The Bertz CT molecular complexity index is 366. The first-order chi connectivity index (χ1) is 7.36. The average molecular weight is 225 g/mol. The molecule has 0 radical (unpaired) electrons. The number of carboxylic acids is 1. The number of hydrogen-bond donors (Lipinski definition) is 2. The Morgan fingerprint density at radius 1 is 1.69 bits per heavy atom. The van der Waals surface area contributed by atoms with Crippen molar-refractivity contribution in [3.63, 3.8) is 0 Å². The molecule has 3 N–H and O–H groups in total. The van der Waals surface area contributed by atoms with Gasteiger partial charge in [0.05, 0.1) is 6.42 Å². The molecule has 5 heteroatoms. The first kappa shape index (κ1) is 12.7. The van der Waals surface area contributed by atoms with Crippen LogP contribution in [0.3, 0.4) is 0 Å².